The maximum atomic E-state index is 12.4. The molecule has 0 saturated heterocycles. The van der Waals surface area contributed by atoms with Crippen LogP contribution in [-0.2, 0) is 0 Å². The van der Waals surface area contributed by atoms with Gasteiger partial charge in [-0.3, -0.25) is 0 Å². The van der Waals surface area contributed by atoms with Gasteiger partial charge in [-0.1, -0.05) is 19.1 Å². The lowest BCUT2D eigenvalue weighted by Crippen LogP contribution is -2.41. The van der Waals surface area contributed by atoms with E-state index in [1.165, 1.54) is 6.07 Å². The number of aliphatic hydroxyl groups excluding tert-OH is 1. The van der Waals surface area contributed by atoms with Crippen molar-refractivity contribution in [3.8, 4) is 5.75 Å². The summed E-state index contributed by atoms with van der Waals surface area (Å²) in [5, 5.41) is 14.2. The molecular formula is C14H20F2N2O3. The van der Waals surface area contributed by atoms with E-state index in [9.17, 15) is 13.6 Å². The molecule has 0 bridgehead atoms. The largest absolute Gasteiger partial charge is 0.433 e. The molecule has 0 heterocycles. The highest BCUT2D eigenvalue weighted by Gasteiger charge is 2.17. The van der Waals surface area contributed by atoms with E-state index in [2.05, 4.69) is 15.4 Å². The summed E-state index contributed by atoms with van der Waals surface area (Å²) in [4.78, 5) is 11.9. The standard InChI is InChI=1S/C14H20F2N2O3/c1-8-5-4-6-11(21-13(15)16)12(8)18-14(20)17-10(3)9(2)7-19/h4-6,9-10,13,19H,7H2,1-3H3,(H2,17,18,20). The lowest BCUT2D eigenvalue weighted by molar-refractivity contribution is -0.0493. The average molecular weight is 302 g/mol. The highest BCUT2D eigenvalue weighted by molar-refractivity contribution is 5.92. The van der Waals surface area contributed by atoms with Crippen molar-refractivity contribution in [3.05, 3.63) is 23.8 Å². The molecule has 1 aromatic carbocycles. The van der Waals surface area contributed by atoms with Gasteiger partial charge in [0.1, 0.15) is 5.75 Å². The fourth-order valence-electron chi connectivity index (χ4n) is 1.65. The minimum absolute atomic E-state index is 0.0639. The van der Waals surface area contributed by atoms with Gasteiger partial charge >= 0.3 is 12.6 Å². The Labute approximate surface area is 122 Å². The predicted octanol–water partition coefficient (Wildman–Crippen LogP) is 2.73. The number of hydrogen-bond acceptors (Lipinski definition) is 3. The van der Waals surface area contributed by atoms with Gasteiger partial charge in [-0.05, 0) is 31.4 Å². The Morgan fingerprint density at radius 1 is 1.38 bits per heavy atom. The van der Waals surface area contributed by atoms with Gasteiger partial charge in [-0.25, -0.2) is 4.79 Å². The molecule has 2 atom stereocenters. The number of anilines is 1. The Bertz CT molecular complexity index is 483. The molecule has 1 aromatic rings. The van der Waals surface area contributed by atoms with Gasteiger partial charge in [0, 0.05) is 12.6 Å². The van der Waals surface area contributed by atoms with E-state index in [1.54, 1.807) is 32.9 Å². The van der Waals surface area contributed by atoms with Crippen molar-refractivity contribution in [1.82, 2.24) is 5.32 Å². The fourth-order valence-corrected chi connectivity index (χ4v) is 1.65. The third kappa shape index (κ3) is 5.18. The first-order valence-electron chi connectivity index (χ1n) is 6.58. The summed E-state index contributed by atoms with van der Waals surface area (Å²) >= 11 is 0. The summed E-state index contributed by atoms with van der Waals surface area (Å²) in [5.41, 5.74) is 0.797. The third-order valence-corrected chi connectivity index (χ3v) is 3.19. The first-order chi connectivity index (χ1) is 9.85. The van der Waals surface area contributed by atoms with Crippen molar-refractivity contribution >= 4 is 11.7 Å². The number of aliphatic hydroxyl groups is 1. The molecule has 2 unspecified atom stereocenters. The number of aryl methyl sites for hydroxylation is 1. The van der Waals surface area contributed by atoms with Crippen LogP contribution in [0.2, 0.25) is 0 Å². The molecular weight excluding hydrogens is 282 g/mol. The van der Waals surface area contributed by atoms with Crippen molar-refractivity contribution in [2.75, 3.05) is 11.9 Å². The lowest BCUT2D eigenvalue weighted by Gasteiger charge is -2.20. The smallest absolute Gasteiger partial charge is 0.387 e. The average Bonchev–Trinajstić information content (AvgIpc) is 2.41. The van der Waals surface area contributed by atoms with Crippen LogP contribution in [0.25, 0.3) is 0 Å². The molecule has 3 N–H and O–H groups in total. The monoisotopic (exact) mass is 302 g/mol. The van der Waals surface area contributed by atoms with Gasteiger partial charge in [0.05, 0.1) is 5.69 Å². The number of amides is 2. The first-order valence-corrected chi connectivity index (χ1v) is 6.58. The summed E-state index contributed by atoms with van der Waals surface area (Å²) in [6.45, 7) is 2.17. The van der Waals surface area contributed by atoms with Crippen LogP contribution in [0.15, 0.2) is 18.2 Å². The molecule has 0 aliphatic rings. The maximum Gasteiger partial charge on any atom is 0.387 e. The van der Waals surface area contributed by atoms with Crippen LogP contribution < -0.4 is 15.4 Å². The molecule has 2 amide bonds. The van der Waals surface area contributed by atoms with E-state index < -0.39 is 12.6 Å². The SMILES string of the molecule is Cc1cccc(OC(F)F)c1NC(=O)NC(C)C(C)CO. The van der Waals surface area contributed by atoms with E-state index in [0.29, 0.717) is 5.56 Å². The van der Waals surface area contributed by atoms with Crippen molar-refractivity contribution in [2.24, 2.45) is 5.92 Å². The number of rotatable bonds is 6. The van der Waals surface area contributed by atoms with E-state index in [-0.39, 0.29) is 30.0 Å². The van der Waals surface area contributed by atoms with Crippen LogP contribution in [0, 0.1) is 12.8 Å². The second kappa shape index (κ2) is 7.78. The number of carbonyl (C=O) groups is 1. The van der Waals surface area contributed by atoms with Gasteiger partial charge < -0.3 is 20.5 Å². The van der Waals surface area contributed by atoms with Gasteiger partial charge in [-0.15, -0.1) is 0 Å². The van der Waals surface area contributed by atoms with E-state index in [4.69, 9.17) is 5.11 Å². The van der Waals surface area contributed by atoms with Crippen molar-refractivity contribution in [3.63, 3.8) is 0 Å². The van der Waals surface area contributed by atoms with Crippen LogP contribution in [0.4, 0.5) is 19.3 Å². The molecule has 0 aliphatic carbocycles. The quantitative estimate of drug-likeness (QED) is 0.756. The molecule has 0 radical (unpaired) electrons. The van der Waals surface area contributed by atoms with Gasteiger partial charge in [-0.2, -0.15) is 8.78 Å². The molecule has 0 aromatic heterocycles. The Morgan fingerprint density at radius 2 is 2.05 bits per heavy atom. The highest BCUT2D eigenvalue weighted by atomic mass is 19.3. The molecule has 0 saturated carbocycles. The summed E-state index contributed by atoms with van der Waals surface area (Å²) in [6.07, 6.45) is 0. The van der Waals surface area contributed by atoms with Crippen molar-refractivity contribution in [1.29, 1.82) is 0 Å². The summed E-state index contributed by atoms with van der Waals surface area (Å²) in [5.74, 6) is -0.215. The van der Waals surface area contributed by atoms with Crippen LogP contribution in [-0.4, -0.2) is 30.4 Å². The number of para-hydroxylation sites is 1. The maximum absolute atomic E-state index is 12.4. The zero-order chi connectivity index (χ0) is 16.0. The second-order valence-electron chi connectivity index (χ2n) is 4.87. The predicted molar refractivity (Wildman–Crippen MR) is 75.7 cm³/mol. The van der Waals surface area contributed by atoms with Crippen molar-refractivity contribution in [2.45, 2.75) is 33.4 Å². The van der Waals surface area contributed by atoms with Crippen LogP contribution >= 0.6 is 0 Å². The fraction of sp³-hybridized carbons (Fsp3) is 0.500. The Kier molecular flexibility index (Phi) is 6.36. The second-order valence-corrected chi connectivity index (χ2v) is 4.87. The summed E-state index contributed by atoms with van der Waals surface area (Å²) in [6, 6.07) is 3.78. The number of nitrogens with one attached hydrogen (secondary N) is 2. The normalized spacial score (nSPS) is 13.7. The summed E-state index contributed by atoms with van der Waals surface area (Å²) < 4.78 is 29.1. The number of carbonyl (C=O) groups excluding carboxylic acids is 1. The third-order valence-electron chi connectivity index (χ3n) is 3.19. The zero-order valence-electron chi connectivity index (χ0n) is 12.2. The van der Waals surface area contributed by atoms with Gasteiger partial charge in [0.15, 0.2) is 0 Å². The molecule has 0 aliphatic heterocycles. The van der Waals surface area contributed by atoms with E-state index in [1.807, 2.05) is 0 Å². The number of benzene rings is 1. The molecule has 0 spiro atoms. The highest BCUT2D eigenvalue weighted by Crippen LogP contribution is 2.29. The first kappa shape index (κ1) is 17.2. The number of urea groups is 1. The lowest BCUT2D eigenvalue weighted by atomic mass is 10.1. The molecule has 5 nitrogen and oxygen atoms in total. The zero-order valence-corrected chi connectivity index (χ0v) is 12.2. The number of ether oxygens (including phenoxy) is 1. The molecule has 118 valence electrons. The van der Waals surface area contributed by atoms with E-state index >= 15 is 0 Å². The number of halogens is 2. The van der Waals surface area contributed by atoms with Gasteiger partial charge in [0.2, 0.25) is 0 Å². The minimum Gasteiger partial charge on any atom is -0.433 e. The van der Waals surface area contributed by atoms with Crippen LogP contribution in [0.3, 0.4) is 0 Å². The topological polar surface area (TPSA) is 70.6 Å². The molecule has 21 heavy (non-hydrogen) atoms. The van der Waals surface area contributed by atoms with Crippen molar-refractivity contribution < 1.29 is 23.4 Å². The van der Waals surface area contributed by atoms with Crippen LogP contribution in [0.1, 0.15) is 19.4 Å². The molecule has 7 heteroatoms. The molecule has 1 rings (SSSR count). The van der Waals surface area contributed by atoms with E-state index in [0.717, 1.165) is 0 Å². The Hall–Kier alpha value is -1.89. The Morgan fingerprint density at radius 3 is 2.62 bits per heavy atom. The number of alkyl halides is 2. The molecule has 0 fully saturated rings. The minimum atomic E-state index is -2.97. The number of hydrogen-bond donors (Lipinski definition) is 3. The summed E-state index contributed by atoms with van der Waals surface area (Å²) in [7, 11) is 0. The Balaban J connectivity index is 2.80. The van der Waals surface area contributed by atoms with Gasteiger partial charge in [0.25, 0.3) is 0 Å². The van der Waals surface area contributed by atoms with Crippen LogP contribution in [0.5, 0.6) is 5.75 Å².